The maximum atomic E-state index is 11.7. The number of rotatable bonds is 4. The molecule has 0 aliphatic carbocycles. The highest BCUT2D eigenvalue weighted by Crippen LogP contribution is 2.24. The van der Waals surface area contributed by atoms with Gasteiger partial charge >= 0.3 is 5.97 Å². The molecule has 0 amide bonds. The van der Waals surface area contributed by atoms with Gasteiger partial charge in [0.05, 0.1) is 12.7 Å². The number of hydrogen-bond acceptors (Lipinski definition) is 4. The smallest absolute Gasteiger partial charge is 0.338 e. The number of aryl methyl sites for hydroxylation is 1. The lowest BCUT2D eigenvalue weighted by atomic mass is 9.97. The highest BCUT2D eigenvalue weighted by molar-refractivity contribution is 5.99. The Morgan fingerprint density at radius 2 is 1.57 bits per heavy atom. The molecule has 2 aromatic carbocycles. The maximum Gasteiger partial charge on any atom is 0.338 e. The summed E-state index contributed by atoms with van der Waals surface area (Å²) in [5, 5.41) is 0. The molecule has 106 valence electrons. The second-order valence-electron chi connectivity index (χ2n) is 4.60. The molecular formula is C17H14O4. The Hall–Kier alpha value is -2.75. The van der Waals surface area contributed by atoms with Gasteiger partial charge in [0.2, 0.25) is 0 Å². The van der Waals surface area contributed by atoms with E-state index in [9.17, 15) is 14.4 Å². The number of ether oxygens (including phenoxy) is 1. The van der Waals surface area contributed by atoms with E-state index in [0.29, 0.717) is 11.8 Å². The average Bonchev–Trinajstić information content (AvgIpc) is 2.54. The number of aldehydes is 2. The maximum absolute atomic E-state index is 11.7. The van der Waals surface area contributed by atoms with Gasteiger partial charge in [-0.15, -0.1) is 0 Å². The van der Waals surface area contributed by atoms with Crippen molar-refractivity contribution in [3.63, 3.8) is 0 Å². The lowest BCUT2D eigenvalue weighted by molar-refractivity contribution is 0.0598. The third kappa shape index (κ3) is 2.89. The summed E-state index contributed by atoms with van der Waals surface area (Å²) in [5.74, 6) is -0.568. The van der Waals surface area contributed by atoms with Crippen LogP contribution in [0.4, 0.5) is 0 Å². The summed E-state index contributed by atoms with van der Waals surface area (Å²) in [6.07, 6.45) is 1.40. The largest absolute Gasteiger partial charge is 0.465 e. The molecule has 0 aromatic heterocycles. The van der Waals surface area contributed by atoms with Crippen molar-refractivity contribution in [2.24, 2.45) is 0 Å². The molecule has 0 spiro atoms. The quantitative estimate of drug-likeness (QED) is 0.638. The first-order valence-electron chi connectivity index (χ1n) is 6.34. The molecule has 0 atom stereocenters. The van der Waals surface area contributed by atoms with Gasteiger partial charge in [0, 0.05) is 11.1 Å². The Morgan fingerprint density at radius 1 is 0.952 bits per heavy atom. The van der Waals surface area contributed by atoms with E-state index in [-0.39, 0.29) is 11.1 Å². The first kappa shape index (κ1) is 14.7. The van der Waals surface area contributed by atoms with Gasteiger partial charge in [-0.1, -0.05) is 24.3 Å². The Morgan fingerprint density at radius 3 is 2.19 bits per heavy atom. The molecule has 21 heavy (non-hydrogen) atoms. The summed E-state index contributed by atoms with van der Waals surface area (Å²) < 4.78 is 4.68. The van der Waals surface area contributed by atoms with Gasteiger partial charge in [0.15, 0.2) is 6.29 Å². The number of benzene rings is 2. The van der Waals surface area contributed by atoms with Crippen molar-refractivity contribution in [3.8, 4) is 11.1 Å². The Balaban J connectivity index is 2.57. The van der Waals surface area contributed by atoms with Crippen LogP contribution in [-0.2, 0) is 4.74 Å². The van der Waals surface area contributed by atoms with Gasteiger partial charge in [-0.2, -0.15) is 0 Å². The van der Waals surface area contributed by atoms with Crippen LogP contribution in [0, 0.1) is 6.92 Å². The van der Waals surface area contributed by atoms with Crippen LogP contribution in [0.25, 0.3) is 11.1 Å². The molecule has 0 unspecified atom stereocenters. The predicted molar refractivity (Wildman–Crippen MR) is 78.7 cm³/mol. The molecule has 0 bridgehead atoms. The minimum atomic E-state index is -0.568. The van der Waals surface area contributed by atoms with Crippen molar-refractivity contribution < 1.29 is 19.1 Å². The van der Waals surface area contributed by atoms with E-state index in [0.717, 1.165) is 23.0 Å². The second kappa shape index (κ2) is 6.13. The predicted octanol–water partition coefficient (Wildman–Crippen LogP) is 3.07. The van der Waals surface area contributed by atoms with E-state index in [1.54, 1.807) is 24.3 Å². The minimum Gasteiger partial charge on any atom is -0.465 e. The molecule has 0 saturated heterocycles. The van der Waals surface area contributed by atoms with Crippen molar-refractivity contribution in [1.82, 2.24) is 0 Å². The van der Waals surface area contributed by atoms with Gasteiger partial charge in [-0.05, 0) is 35.7 Å². The Bertz CT molecular complexity index is 717. The van der Waals surface area contributed by atoms with Crippen LogP contribution in [0.15, 0.2) is 36.4 Å². The average molecular weight is 282 g/mol. The van der Waals surface area contributed by atoms with Crippen molar-refractivity contribution in [2.75, 3.05) is 7.11 Å². The molecule has 0 fully saturated rings. The monoisotopic (exact) mass is 282 g/mol. The van der Waals surface area contributed by atoms with Gasteiger partial charge in [-0.3, -0.25) is 9.59 Å². The molecule has 0 heterocycles. The molecular weight excluding hydrogens is 268 g/mol. The first-order valence-corrected chi connectivity index (χ1v) is 6.34. The molecule has 0 aliphatic heterocycles. The van der Waals surface area contributed by atoms with Gasteiger partial charge < -0.3 is 4.74 Å². The third-order valence-corrected chi connectivity index (χ3v) is 3.33. The van der Waals surface area contributed by atoms with Crippen LogP contribution < -0.4 is 0 Å². The van der Waals surface area contributed by atoms with Crippen molar-refractivity contribution >= 4 is 18.5 Å². The lowest BCUT2D eigenvalue weighted by Gasteiger charge is -2.08. The Labute approximate surface area is 122 Å². The van der Waals surface area contributed by atoms with Crippen LogP contribution in [0.2, 0.25) is 0 Å². The number of hydrogen-bond donors (Lipinski definition) is 0. The minimum absolute atomic E-state index is 0.207. The van der Waals surface area contributed by atoms with Crippen molar-refractivity contribution in [3.05, 3.63) is 58.7 Å². The molecule has 2 rings (SSSR count). The SMILES string of the molecule is COC(=O)c1cc(-c2ccc(C)c(C=O)c2)ccc1C=O. The summed E-state index contributed by atoms with van der Waals surface area (Å²) in [5.41, 5.74) is 3.49. The Kier molecular flexibility index (Phi) is 4.28. The second-order valence-corrected chi connectivity index (χ2v) is 4.60. The molecule has 0 aliphatic rings. The summed E-state index contributed by atoms with van der Waals surface area (Å²) in [6.45, 7) is 1.85. The van der Waals surface area contributed by atoms with E-state index in [2.05, 4.69) is 4.74 Å². The van der Waals surface area contributed by atoms with Gasteiger partial charge in [0.25, 0.3) is 0 Å². The molecule has 0 N–H and O–H groups in total. The van der Waals surface area contributed by atoms with Crippen LogP contribution in [0.3, 0.4) is 0 Å². The van der Waals surface area contributed by atoms with E-state index < -0.39 is 5.97 Å². The standard InChI is InChI=1S/C17H14O4/c1-11-3-4-12(7-15(11)10-19)13-5-6-14(9-18)16(8-13)17(20)21-2/h3-10H,1-2H3. The van der Waals surface area contributed by atoms with Crippen molar-refractivity contribution in [1.29, 1.82) is 0 Å². The first-order chi connectivity index (χ1) is 10.1. The number of carbonyl (C=O) groups excluding carboxylic acids is 3. The van der Waals surface area contributed by atoms with Gasteiger partial charge in [-0.25, -0.2) is 4.79 Å². The van der Waals surface area contributed by atoms with E-state index in [4.69, 9.17) is 0 Å². The molecule has 4 nitrogen and oxygen atoms in total. The fourth-order valence-electron chi connectivity index (χ4n) is 2.07. The van der Waals surface area contributed by atoms with E-state index >= 15 is 0 Å². The zero-order chi connectivity index (χ0) is 15.4. The van der Waals surface area contributed by atoms with E-state index in [1.807, 2.05) is 19.1 Å². The summed E-state index contributed by atoms with van der Waals surface area (Å²) >= 11 is 0. The van der Waals surface area contributed by atoms with Crippen LogP contribution in [0.1, 0.15) is 36.6 Å². The highest BCUT2D eigenvalue weighted by atomic mass is 16.5. The van der Waals surface area contributed by atoms with Crippen LogP contribution in [0.5, 0.6) is 0 Å². The fourth-order valence-corrected chi connectivity index (χ4v) is 2.07. The van der Waals surface area contributed by atoms with Crippen LogP contribution in [-0.4, -0.2) is 25.7 Å². The number of esters is 1. The molecule has 4 heteroatoms. The molecule has 0 saturated carbocycles. The highest BCUT2D eigenvalue weighted by Gasteiger charge is 2.13. The fraction of sp³-hybridized carbons (Fsp3) is 0.118. The molecule has 0 radical (unpaired) electrons. The summed E-state index contributed by atoms with van der Waals surface area (Å²) in [7, 11) is 1.26. The lowest BCUT2D eigenvalue weighted by Crippen LogP contribution is -2.05. The molecule has 2 aromatic rings. The number of methoxy groups -OCH3 is 1. The van der Waals surface area contributed by atoms with Crippen molar-refractivity contribution in [2.45, 2.75) is 6.92 Å². The zero-order valence-electron chi connectivity index (χ0n) is 11.8. The third-order valence-electron chi connectivity index (χ3n) is 3.33. The zero-order valence-corrected chi connectivity index (χ0v) is 11.8. The van der Waals surface area contributed by atoms with Crippen LogP contribution >= 0.6 is 0 Å². The van der Waals surface area contributed by atoms with E-state index in [1.165, 1.54) is 7.11 Å². The van der Waals surface area contributed by atoms with Gasteiger partial charge in [0.1, 0.15) is 6.29 Å². The summed E-state index contributed by atoms with van der Waals surface area (Å²) in [4.78, 5) is 33.7. The normalized spacial score (nSPS) is 10.0. The number of carbonyl (C=O) groups is 3. The topological polar surface area (TPSA) is 60.4 Å². The summed E-state index contributed by atoms with van der Waals surface area (Å²) in [6, 6.07) is 10.3.